The largest absolute Gasteiger partial charge is 0.300 e. The Morgan fingerprint density at radius 1 is 1.36 bits per heavy atom. The van der Waals surface area contributed by atoms with Crippen molar-refractivity contribution in [2.45, 2.75) is 26.2 Å². The highest BCUT2D eigenvalue weighted by Crippen LogP contribution is 2.11. The molecule has 0 saturated heterocycles. The Hall–Kier alpha value is -1.35. The molecule has 0 aromatic carbocycles. The van der Waals surface area contributed by atoms with E-state index < -0.39 is 0 Å². The maximum Gasteiger partial charge on any atom is 0.130 e. The van der Waals surface area contributed by atoms with Gasteiger partial charge in [0.05, 0.1) is 12.1 Å². The number of carbonyl (C=O) groups excluding carboxylic acids is 1. The van der Waals surface area contributed by atoms with Crippen LogP contribution < -0.4 is 0 Å². The molecule has 0 radical (unpaired) electrons. The third-order valence-corrected chi connectivity index (χ3v) is 1.34. The van der Waals surface area contributed by atoms with Gasteiger partial charge in [0.2, 0.25) is 0 Å². The van der Waals surface area contributed by atoms with E-state index in [9.17, 15) is 4.79 Å². The van der Waals surface area contributed by atoms with Gasteiger partial charge < -0.3 is 4.79 Å². The van der Waals surface area contributed by atoms with Crippen molar-refractivity contribution in [3.05, 3.63) is 0 Å². The lowest BCUT2D eigenvalue weighted by molar-refractivity contribution is -0.117. The minimum atomic E-state index is -0.0671. The Labute approximate surface area is 66.2 Å². The monoisotopic (exact) mass is 150 g/mol. The molecule has 0 fully saturated rings. The Morgan fingerprint density at radius 3 is 2.09 bits per heavy atom. The quantitative estimate of drug-likeness (QED) is 0.608. The summed E-state index contributed by atoms with van der Waals surface area (Å²) < 4.78 is 0. The second-order valence-electron chi connectivity index (χ2n) is 2.50. The molecule has 0 atom stereocenters. The van der Waals surface area contributed by atoms with Gasteiger partial charge in [-0.2, -0.15) is 10.5 Å². The van der Waals surface area contributed by atoms with Gasteiger partial charge in [0.1, 0.15) is 5.78 Å². The number of carbonyl (C=O) groups is 1. The van der Waals surface area contributed by atoms with Crippen LogP contribution in [0, 0.1) is 28.6 Å². The molecule has 0 bridgehead atoms. The fourth-order valence-corrected chi connectivity index (χ4v) is 0.881. The summed E-state index contributed by atoms with van der Waals surface area (Å²) >= 11 is 0. The molecule has 0 unspecified atom stereocenters. The summed E-state index contributed by atoms with van der Waals surface area (Å²) in [5, 5.41) is 16.6. The summed E-state index contributed by atoms with van der Waals surface area (Å²) in [6, 6.07) is 3.91. The first-order valence-corrected chi connectivity index (χ1v) is 3.44. The van der Waals surface area contributed by atoms with Gasteiger partial charge in [0.15, 0.2) is 0 Å². The van der Waals surface area contributed by atoms with E-state index in [2.05, 4.69) is 0 Å². The zero-order valence-electron chi connectivity index (χ0n) is 6.50. The topological polar surface area (TPSA) is 64.7 Å². The maximum atomic E-state index is 10.6. The molecule has 0 aliphatic carbocycles. The molecule has 0 heterocycles. The van der Waals surface area contributed by atoms with Crippen molar-refractivity contribution in [3.8, 4) is 12.1 Å². The van der Waals surface area contributed by atoms with E-state index in [1.165, 1.54) is 6.92 Å². The number of rotatable bonds is 4. The zero-order valence-corrected chi connectivity index (χ0v) is 6.50. The smallest absolute Gasteiger partial charge is 0.130 e. The van der Waals surface area contributed by atoms with E-state index >= 15 is 0 Å². The third-order valence-electron chi connectivity index (χ3n) is 1.34. The summed E-state index contributed by atoms with van der Waals surface area (Å²) in [6.07, 6.45) is 0.946. The third kappa shape index (κ3) is 5.11. The molecule has 0 spiro atoms. The summed E-state index contributed by atoms with van der Waals surface area (Å²) in [5.74, 6) is -0.0250. The van der Waals surface area contributed by atoms with Crippen molar-refractivity contribution >= 4 is 5.78 Å². The molecule has 0 aromatic rings. The number of ketones is 1. The molecule has 3 heteroatoms. The highest BCUT2D eigenvalue weighted by Gasteiger charge is 2.09. The van der Waals surface area contributed by atoms with Gasteiger partial charge >= 0.3 is 0 Å². The van der Waals surface area contributed by atoms with Gasteiger partial charge in [-0.15, -0.1) is 0 Å². The molecule has 0 aliphatic heterocycles. The van der Waals surface area contributed by atoms with Crippen LogP contribution in [0.25, 0.3) is 0 Å². The van der Waals surface area contributed by atoms with Gasteiger partial charge in [-0.25, -0.2) is 0 Å². The summed E-state index contributed by atoms with van der Waals surface area (Å²) in [6.45, 7) is 1.47. The number of hydrogen-bond acceptors (Lipinski definition) is 3. The van der Waals surface area contributed by atoms with Crippen molar-refractivity contribution in [1.82, 2.24) is 0 Å². The highest BCUT2D eigenvalue weighted by atomic mass is 16.1. The lowest BCUT2D eigenvalue weighted by Crippen LogP contribution is -2.04. The van der Waals surface area contributed by atoms with Crippen LogP contribution >= 0.6 is 0 Å². The highest BCUT2D eigenvalue weighted by molar-refractivity contribution is 5.75. The molecule has 0 aliphatic rings. The van der Waals surface area contributed by atoms with Crippen molar-refractivity contribution in [3.63, 3.8) is 0 Å². The Morgan fingerprint density at radius 2 is 1.82 bits per heavy atom. The second kappa shape index (κ2) is 5.44. The molecule has 0 saturated carbocycles. The molecule has 0 amide bonds. The van der Waals surface area contributed by atoms with Crippen LogP contribution in [-0.2, 0) is 4.79 Å². The number of nitrogens with zero attached hydrogens (tertiary/aromatic N) is 2. The first-order chi connectivity index (χ1) is 5.20. The molecule has 0 aromatic heterocycles. The van der Waals surface area contributed by atoms with Crippen LogP contribution in [0.3, 0.4) is 0 Å². The van der Waals surface area contributed by atoms with E-state index in [-0.39, 0.29) is 11.7 Å². The van der Waals surface area contributed by atoms with Gasteiger partial charge in [-0.05, 0) is 12.8 Å². The van der Waals surface area contributed by atoms with Crippen molar-refractivity contribution in [2.24, 2.45) is 5.92 Å². The predicted molar refractivity (Wildman–Crippen MR) is 39.2 cm³/mol. The standard InChI is InChI=1S/C8H10N2O/c1-7(11)6-8(2-4-9)3-5-10/h8H,2-3,6H2,1H3. The summed E-state index contributed by atoms with van der Waals surface area (Å²) in [5.41, 5.74) is 0. The first-order valence-electron chi connectivity index (χ1n) is 3.44. The molecular weight excluding hydrogens is 140 g/mol. The lowest BCUT2D eigenvalue weighted by Gasteiger charge is -2.04. The van der Waals surface area contributed by atoms with Crippen LogP contribution in [0.5, 0.6) is 0 Å². The molecule has 0 rings (SSSR count). The van der Waals surface area contributed by atoms with Crippen molar-refractivity contribution in [2.75, 3.05) is 0 Å². The van der Waals surface area contributed by atoms with Crippen LogP contribution in [0.4, 0.5) is 0 Å². The fourth-order valence-electron chi connectivity index (χ4n) is 0.881. The van der Waals surface area contributed by atoms with E-state index in [1.807, 2.05) is 12.1 Å². The molecule has 11 heavy (non-hydrogen) atoms. The normalized spacial score (nSPS) is 8.73. The van der Waals surface area contributed by atoms with E-state index in [1.54, 1.807) is 0 Å². The van der Waals surface area contributed by atoms with Gasteiger partial charge in [0.25, 0.3) is 0 Å². The average molecular weight is 150 g/mol. The predicted octanol–water partition coefficient (Wildman–Crippen LogP) is 1.41. The number of Topliss-reactive ketones (excluding diaryl/α,β-unsaturated/α-hetero) is 1. The summed E-state index contributed by atoms with van der Waals surface area (Å²) in [4.78, 5) is 10.6. The fraction of sp³-hybridized carbons (Fsp3) is 0.625. The second-order valence-corrected chi connectivity index (χ2v) is 2.50. The van der Waals surface area contributed by atoms with Gasteiger partial charge in [-0.1, -0.05) is 0 Å². The average Bonchev–Trinajstić information content (AvgIpc) is 1.87. The summed E-state index contributed by atoms with van der Waals surface area (Å²) in [7, 11) is 0. The SMILES string of the molecule is CC(=O)CC(CC#N)CC#N. The van der Waals surface area contributed by atoms with E-state index in [0.29, 0.717) is 19.3 Å². The molecule has 0 N–H and O–H groups in total. The van der Waals surface area contributed by atoms with E-state index in [0.717, 1.165) is 0 Å². The van der Waals surface area contributed by atoms with Crippen molar-refractivity contribution in [1.29, 1.82) is 10.5 Å². The van der Waals surface area contributed by atoms with Crippen LogP contribution in [-0.4, -0.2) is 5.78 Å². The minimum Gasteiger partial charge on any atom is -0.300 e. The van der Waals surface area contributed by atoms with Crippen LogP contribution in [0.2, 0.25) is 0 Å². The van der Waals surface area contributed by atoms with Gasteiger partial charge in [-0.3, -0.25) is 0 Å². The first kappa shape index (κ1) is 9.65. The Balaban J connectivity index is 3.82. The minimum absolute atomic E-state index is 0.0421. The molecule has 3 nitrogen and oxygen atoms in total. The van der Waals surface area contributed by atoms with E-state index in [4.69, 9.17) is 10.5 Å². The zero-order chi connectivity index (χ0) is 8.69. The lowest BCUT2D eigenvalue weighted by atomic mass is 9.97. The maximum absolute atomic E-state index is 10.6. The number of nitriles is 2. The van der Waals surface area contributed by atoms with Crippen LogP contribution in [0.1, 0.15) is 26.2 Å². The van der Waals surface area contributed by atoms with Crippen LogP contribution in [0.15, 0.2) is 0 Å². The van der Waals surface area contributed by atoms with Gasteiger partial charge in [0, 0.05) is 19.3 Å². The Bertz CT molecular complexity index is 193. The molecular formula is C8H10N2O. The number of hydrogen-bond donors (Lipinski definition) is 0. The Kier molecular flexibility index (Phi) is 4.77. The molecule has 58 valence electrons. The van der Waals surface area contributed by atoms with Crippen molar-refractivity contribution < 1.29 is 4.79 Å².